The van der Waals surface area contributed by atoms with E-state index in [0.717, 1.165) is 16.9 Å². The Bertz CT molecular complexity index is 909. The Morgan fingerprint density at radius 3 is 2.63 bits per heavy atom. The summed E-state index contributed by atoms with van der Waals surface area (Å²) in [6.07, 6.45) is 2.24. The highest BCUT2D eigenvalue weighted by atomic mass is 35.5. The first-order chi connectivity index (χ1) is 13.1. The van der Waals surface area contributed by atoms with Crippen LogP contribution in [0.1, 0.15) is 28.5 Å². The van der Waals surface area contributed by atoms with E-state index >= 15 is 0 Å². The van der Waals surface area contributed by atoms with Gasteiger partial charge in [-0.15, -0.1) is 0 Å². The molecule has 27 heavy (non-hydrogen) atoms. The molecule has 0 bridgehead atoms. The predicted octanol–water partition coefficient (Wildman–Crippen LogP) is 3.72. The molecule has 1 N–H and O–H groups in total. The van der Waals surface area contributed by atoms with E-state index < -0.39 is 0 Å². The van der Waals surface area contributed by atoms with Crippen molar-refractivity contribution in [1.29, 1.82) is 0 Å². The first kappa shape index (κ1) is 19.1. The Labute approximate surface area is 163 Å². The second-order valence-corrected chi connectivity index (χ2v) is 6.62. The maximum atomic E-state index is 13.2. The molecule has 0 aliphatic carbocycles. The number of nitrogens with zero attached hydrogens (tertiary/aromatic N) is 3. The summed E-state index contributed by atoms with van der Waals surface area (Å²) in [6, 6.07) is 17.1. The molecule has 0 spiro atoms. The van der Waals surface area contributed by atoms with Crippen molar-refractivity contribution in [3.63, 3.8) is 0 Å². The lowest BCUT2D eigenvalue weighted by Crippen LogP contribution is -2.33. The Morgan fingerprint density at radius 2 is 1.96 bits per heavy atom. The Kier molecular flexibility index (Phi) is 6.27. The lowest BCUT2D eigenvalue weighted by Gasteiger charge is -2.22. The predicted molar refractivity (Wildman–Crippen MR) is 106 cm³/mol. The van der Waals surface area contributed by atoms with E-state index in [4.69, 9.17) is 11.6 Å². The topological polar surface area (TPSA) is 58.4 Å². The summed E-state index contributed by atoms with van der Waals surface area (Å²) in [5.41, 5.74) is 3.19. The molecule has 140 valence electrons. The third-order valence-electron chi connectivity index (χ3n) is 4.36. The van der Waals surface area contributed by atoms with Crippen LogP contribution in [-0.2, 0) is 13.0 Å². The lowest BCUT2D eigenvalue weighted by atomic mass is 10.1. The number of benzene rings is 2. The summed E-state index contributed by atoms with van der Waals surface area (Å²) in [6.45, 7) is 2.59. The maximum Gasteiger partial charge on any atom is 0.257 e. The summed E-state index contributed by atoms with van der Waals surface area (Å²) >= 11 is 6.10. The van der Waals surface area contributed by atoms with E-state index in [1.54, 1.807) is 21.8 Å². The van der Waals surface area contributed by atoms with E-state index in [-0.39, 0.29) is 19.1 Å². The van der Waals surface area contributed by atoms with Gasteiger partial charge < -0.3 is 10.0 Å². The van der Waals surface area contributed by atoms with Gasteiger partial charge in [0.05, 0.1) is 29.7 Å². The van der Waals surface area contributed by atoms with Crippen LogP contribution < -0.4 is 0 Å². The van der Waals surface area contributed by atoms with Gasteiger partial charge in [-0.25, -0.2) is 4.68 Å². The van der Waals surface area contributed by atoms with E-state index in [9.17, 15) is 9.90 Å². The molecule has 0 radical (unpaired) electrons. The van der Waals surface area contributed by atoms with Gasteiger partial charge in [-0.3, -0.25) is 4.79 Å². The molecule has 0 unspecified atom stereocenters. The van der Waals surface area contributed by atoms with Crippen LogP contribution in [0.25, 0.3) is 5.69 Å². The number of hydrogen-bond acceptors (Lipinski definition) is 3. The van der Waals surface area contributed by atoms with Gasteiger partial charge in [-0.2, -0.15) is 5.10 Å². The van der Waals surface area contributed by atoms with E-state index in [2.05, 4.69) is 5.10 Å². The Morgan fingerprint density at radius 1 is 1.19 bits per heavy atom. The highest BCUT2D eigenvalue weighted by Crippen LogP contribution is 2.21. The van der Waals surface area contributed by atoms with Crippen molar-refractivity contribution in [2.24, 2.45) is 0 Å². The number of rotatable bonds is 7. The zero-order valence-electron chi connectivity index (χ0n) is 15.2. The highest BCUT2D eigenvalue weighted by Gasteiger charge is 2.22. The van der Waals surface area contributed by atoms with Crippen LogP contribution in [0.4, 0.5) is 0 Å². The molecule has 0 aliphatic rings. The van der Waals surface area contributed by atoms with Crippen LogP contribution in [0, 0.1) is 0 Å². The molecular weight excluding hydrogens is 362 g/mol. The summed E-state index contributed by atoms with van der Waals surface area (Å²) in [7, 11) is 0. The molecule has 0 saturated carbocycles. The van der Waals surface area contributed by atoms with Crippen molar-refractivity contribution in [3.05, 3.63) is 82.6 Å². The average Bonchev–Trinajstić information content (AvgIpc) is 3.12. The minimum atomic E-state index is -0.141. The average molecular weight is 384 g/mol. The van der Waals surface area contributed by atoms with Crippen molar-refractivity contribution >= 4 is 17.5 Å². The van der Waals surface area contributed by atoms with E-state index in [1.165, 1.54) is 0 Å². The standard InChI is InChI=1S/C21H22ClN3O2/c1-2-20-19(14-23-25(20)18-10-6-9-17(22)13-18)21(27)24(11-12-26)15-16-7-4-3-5-8-16/h3-10,13-14,26H,2,11-12,15H2,1H3. The summed E-state index contributed by atoms with van der Waals surface area (Å²) < 4.78 is 1.75. The number of aromatic nitrogens is 2. The smallest absolute Gasteiger partial charge is 0.257 e. The Hall–Kier alpha value is -2.63. The molecule has 5 nitrogen and oxygen atoms in total. The monoisotopic (exact) mass is 383 g/mol. The molecule has 0 aliphatic heterocycles. The van der Waals surface area contributed by atoms with Crippen LogP contribution >= 0.6 is 11.6 Å². The van der Waals surface area contributed by atoms with Crippen LogP contribution in [0.3, 0.4) is 0 Å². The van der Waals surface area contributed by atoms with Gasteiger partial charge in [-0.05, 0) is 30.2 Å². The van der Waals surface area contributed by atoms with Gasteiger partial charge in [0.1, 0.15) is 0 Å². The van der Waals surface area contributed by atoms with Crippen LogP contribution in [0.15, 0.2) is 60.8 Å². The van der Waals surface area contributed by atoms with Crippen molar-refractivity contribution < 1.29 is 9.90 Å². The molecule has 0 fully saturated rings. The zero-order chi connectivity index (χ0) is 19.2. The molecule has 2 aromatic carbocycles. The first-order valence-electron chi connectivity index (χ1n) is 8.91. The fourth-order valence-corrected chi connectivity index (χ4v) is 3.25. The quantitative estimate of drug-likeness (QED) is 0.676. The molecular formula is C21H22ClN3O2. The normalized spacial score (nSPS) is 10.8. The number of aliphatic hydroxyl groups is 1. The fraction of sp³-hybridized carbons (Fsp3) is 0.238. The molecule has 1 aromatic heterocycles. The fourth-order valence-electron chi connectivity index (χ4n) is 3.07. The summed E-state index contributed by atoms with van der Waals surface area (Å²) in [5, 5.41) is 14.5. The SMILES string of the molecule is CCc1c(C(=O)N(CCO)Cc2ccccc2)cnn1-c1cccc(Cl)c1. The number of amides is 1. The largest absolute Gasteiger partial charge is 0.395 e. The van der Waals surface area contributed by atoms with Gasteiger partial charge in [0.2, 0.25) is 0 Å². The first-order valence-corrected chi connectivity index (χ1v) is 9.28. The van der Waals surface area contributed by atoms with Gasteiger partial charge >= 0.3 is 0 Å². The molecule has 3 rings (SSSR count). The van der Waals surface area contributed by atoms with Crippen LogP contribution in [0.5, 0.6) is 0 Å². The van der Waals surface area contributed by atoms with Crippen molar-refractivity contribution in [3.8, 4) is 5.69 Å². The van der Waals surface area contributed by atoms with Gasteiger partial charge in [0.25, 0.3) is 5.91 Å². The molecule has 0 atom stereocenters. The molecule has 0 saturated heterocycles. The van der Waals surface area contributed by atoms with Crippen molar-refractivity contribution in [2.45, 2.75) is 19.9 Å². The third kappa shape index (κ3) is 4.38. The molecule has 1 amide bonds. The number of hydrogen-bond donors (Lipinski definition) is 1. The van der Waals surface area contributed by atoms with Gasteiger partial charge in [0, 0.05) is 18.1 Å². The zero-order valence-corrected chi connectivity index (χ0v) is 15.9. The summed E-state index contributed by atoms with van der Waals surface area (Å²) in [5.74, 6) is -0.141. The number of aliphatic hydroxyl groups excluding tert-OH is 1. The lowest BCUT2D eigenvalue weighted by molar-refractivity contribution is 0.0706. The molecule has 6 heteroatoms. The number of carbonyl (C=O) groups excluding carboxylic acids is 1. The Balaban J connectivity index is 1.92. The minimum Gasteiger partial charge on any atom is -0.395 e. The third-order valence-corrected chi connectivity index (χ3v) is 4.60. The second kappa shape index (κ2) is 8.84. The van der Waals surface area contributed by atoms with Gasteiger partial charge in [0.15, 0.2) is 0 Å². The maximum absolute atomic E-state index is 13.2. The molecule has 3 aromatic rings. The van der Waals surface area contributed by atoms with E-state index in [0.29, 0.717) is 23.6 Å². The van der Waals surface area contributed by atoms with Crippen LogP contribution in [-0.4, -0.2) is 38.8 Å². The number of halogens is 1. The van der Waals surface area contributed by atoms with Crippen molar-refractivity contribution in [1.82, 2.24) is 14.7 Å². The second-order valence-electron chi connectivity index (χ2n) is 6.19. The highest BCUT2D eigenvalue weighted by molar-refractivity contribution is 6.30. The minimum absolute atomic E-state index is 0.0948. The summed E-state index contributed by atoms with van der Waals surface area (Å²) in [4.78, 5) is 14.8. The van der Waals surface area contributed by atoms with Crippen molar-refractivity contribution in [2.75, 3.05) is 13.2 Å². The van der Waals surface area contributed by atoms with E-state index in [1.807, 2.05) is 55.5 Å². The number of carbonyl (C=O) groups is 1. The molecule has 1 heterocycles. The van der Waals surface area contributed by atoms with Crippen LogP contribution in [0.2, 0.25) is 5.02 Å². The van der Waals surface area contributed by atoms with Gasteiger partial charge in [-0.1, -0.05) is 54.9 Å².